The van der Waals surface area contributed by atoms with Gasteiger partial charge >= 0.3 is 0 Å². The van der Waals surface area contributed by atoms with E-state index in [4.69, 9.17) is 4.84 Å². The summed E-state index contributed by atoms with van der Waals surface area (Å²) in [5, 5.41) is 1.64. The number of rotatable bonds is 4. The summed E-state index contributed by atoms with van der Waals surface area (Å²) in [6.45, 7) is 1.85. The number of piperidine rings is 1. The quantitative estimate of drug-likeness (QED) is 0.797. The fourth-order valence-corrected chi connectivity index (χ4v) is 3.11. The molecule has 0 aliphatic carbocycles. The van der Waals surface area contributed by atoms with Crippen LogP contribution in [0.3, 0.4) is 0 Å². The Hall–Kier alpha value is -2.10. The second kappa shape index (κ2) is 6.77. The summed E-state index contributed by atoms with van der Waals surface area (Å²) in [4.78, 5) is 30.7. The van der Waals surface area contributed by atoms with Crippen LogP contribution in [0.5, 0.6) is 0 Å². The van der Waals surface area contributed by atoms with Crippen LogP contribution in [0.2, 0.25) is 0 Å². The summed E-state index contributed by atoms with van der Waals surface area (Å²) in [5.74, 6) is 2.19. The molecule has 1 unspecified atom stereocenters. The van der Waals surface area contributed by atoms with Crippen molar-refractivity contribution in [3.05, 3.63) is 41.6 Å². The van der Waals surface area contributed by atoms with Crippen molar-refractivity contribution in [3.8, 4) is 0 Å². The molecule has 1 aromatic rings. The zero-order valence-corrected chi connectivity index (χ0v) is 12.5. The van der Waals surface area contributed by atoms with Crippen molar-refractivity contribution in [1.29, 1.82) is 0 Å². The number of nitrogens with zero attached hydrogens (tertiary/aromatic N) is 2. The Balaban J connectivity index is 1.59. The molecule has 22 heavy (non-hydrogen) atoms. The van der Waals surface area contributed by atoms with E-state index in [1.807, 2.05) is 41.2 Å². The predicted molar refractivity (Wildman–Crippen MR) is 81.1 cm³/mol. The van der Waals surface area contributed by atoms with Crippen molar-refractivity contribution in [3.63, 3.8) is 0 Å². The maximum atomic E-state index is 11.8. The van der Waals surface area contributed by atoms with Crippen molar-refractivity contribution in [1.82, 2.24) is 9.96 Å². The minimum absolute atomic E-state index is 0.114. The van der Waals surface area contributed by atoms with Gasteiger partial charge in [0.1, 0.15) is 11.6 Å². The van der Waals surface area contributed by atoms with Gasteiger partial charge in [0.2, 0.25) is 5.91 Å². The van der Waals surface area contributed by atoms with Crippen LogP contribution in [0, 0.1) is 0 Å². The normalized spacial score (nSPS) is 22.1. The van der Waals surface area contributed by atoms with Gasteiger partial charge in [0, 0.05) is 32.0 Å². The predicted octanol–water partition coefficient (Wildman–Crippen LogP) is 1.92. The van der Waals surface area contributed by atoms with Crippen LogP contribution >= 0.6 is 0 Å². The summed E-state index contributed by atoms with van der Waals surface area (Å²) in [7, 11) is 0. The number of hydrogen-bond donors (Lipinski definition) is 0. The third kappa shape index (κ3) is 3.21. The number of benzene rings is 1. The van der Waals surface area contributed by atoms with Gasteiger partial charge in [-0.3, -0.25) is 9.63 Å². The van der Waals surface area contributed by atoms with Gasteiger partial charge in [0.05, 0.1) is 6.61 Å². The minimum Gasteiger partial charge on any atom is -0.339 e. The van der Waals surface area contributed by atoms with Gasteiger partial charge in [-0.15, -0.1) is 0 Å². The lowest BCUT2D eigenvalue weighted by molar-refractivity contribution is -0.158. The highest BCUT2D eigenvalue weighted by Crippen LogP contribution is 2.27. The van der Waals surface area contributed by atoms with Crippen LogP contribution in [0.4, 0.5) is 0 Å². The summed E-state index contributed by atoms with van der Waals surface area (Å²) in [6.07, 6.45) is 2.91. The molecular formula is C17H20N2O3. The molecule has 116 valence electrons. The van der Waals surface area contributed by atoms with Gasteiger partial charge in [-0.25, -0.2) is 9.86 Å². The fourth-order valence-electron chi connectivity index (χ4n) is 3.11. The summed E-state index contributed by atoms with van der Waals surface area (Å²) in [6, 6.07) is 9.96. The summed E-state index contributed by atoms with van der Waals surface area (Å²) in [5.41, 5.74) is 1.57. The van der Waals surface area contributed by atoms with Crippen molar-refractivity contribution < 1.29 is 14.4 Å². The van der Waals surface area contributed by atoms with Crippen LogP contribution < -0.4 is 0 Å². The molecule has 0 spiro atoms. The van der Waals surface area contributed by atoms with E-state index in [1.165, 1.54) is 0 Å². The number of likely N-dealkylation sites (tertiary alicyclic amines) is 1. The molecule has 0 aromatic heterocycles. The van der Waals surface area contributed by atoms with Crippen molar-refractivity contribution >= 4 is 11.8 Å². The molecule has 2 saturated heterocycles. The topological polar surface area (TPSA) is 49.9 Å². The van der Waals surface area contributed by atoms with Crippen LogP contribution in [0.1, 0.15) is 31.2 Å². The van der Waals surface area contributed by atoms with E-state index in [-0.39, 0.29) is 11.9 Å². The van der Waals surface area contributed by atoms with E-state index in [9.17, 15) is 9.59 Å². The highest BCUT2D eigenvalue weighted by Gasteiger charge is 2.33. The lowest BCUT2D eigenvalue weighted by Crippen LogP contribution is -2.44. The molecular weight excluding hydrogens is 280 g/mol. The van der Waals surface area contributed by atoms with Gasteiger partial charge < -0.3 is 4.90 Å². The van der Waals surface area contributed by atoms with Crippen molar-refractivity contribution in [2.75, 3.05) is 13.1 Å². The van der Waals surface area contributed by atoms with Crippen LogP contribution in [-0.4, -0.2) is 40.9 Å². The van der Waals surface area contributed by atoms with E-state index in [0.29, 0.717) is 31.7 Å². The van der Waals surface area contributed by atoms with E-state index in [2.05, 4.69) is 0 Å². The lowest BCUT2D eigenvalue weighted by Gasteiger charge is -2.37. The molecule has 1 amide bonds. The average Bonchev–Trinajstić information content (AvgIpc) is 3.00. The number of hydrogen-bond acceptors (Lipinski definition) is 4. The Morgan fingerprint density at radius 2 is 2.05 bits per heavy atom. The molecule has 2 fully saturated rings. The standard InChI is InChI=1S/C17H20N2O3/c20-12-16-11-15(18-9-4-7-17(18)21)8-10-19(16)22-13-14-5-2-1-3-6-14/h1-3,5-6,15H,4,7-11,13H2. The number of carbonyl (C=O) groups is 1. The molecule has 0 radical (unpaired) electrons. The molecule has 1 atom stereocenters. The van der Waals surface area contributed by atoms with Crippen LogP contribution in [0.15, 0.2) is 36.0 Å². The summed E-state index contributed by atoms with van der Waals surface area (Å²) < 4.78 is 0. The summed E-state index contributed by atoms with van der Waals surface area (Å²) >= 11 is 0. The van der Waals surface area contributed by atoms with Gasteiger partial charge in [0.25, 0.3) is 0 Å². The highest BCUT2D eigenvalue weighted by molar-refractivity contribution is 5.78. The lowest BCUT2D eigenvalue weighted by atomic mass is 10.0. The largest absolute Gasteiger partial charge is 0.339 e. The van der Waals surface area contributed by atoms with E-state index >= 15 is 0 Å². The average molecular weight is 300 g/mol. The van der Waals surface area contributed by atoms with Crippen LogP contribution in [-0.2, 0) is 21.0 Å². The maximum absolute atomic E-state index is 11.8. The van der Waals surface area contributed by atoms with E-state index in [1.54, 1.807) is 5.06 Å². The Kier molecular flexibility index (Phi) is 4.56. The second-order valence-electron chi connectivity index (χ2n) is 5.75. The third-order valence-electron chi connectivity index (χ3n) is 4.29. The first-order valence-corrected chi connectivity index (χ1v) is 7.76. The monoisotopic (exact) mass is 300 g/mol. The molecule has 0 saturated carbocycles. The third-order valence-corrected chi connectivity index (χ3v) is 4.29. The fraction of sp³-hybridized carbons (Fsp3) is 0.471. The molecule has 2 aliphatic rings. The Labute approximate surface area is 130 Å². The molecule has 5 nitrogen and oxygen atoms in total. The molecule has 5 heteroatoms. The van der Waals surface area contributed by atoms with Gasteiger partial charge in [-0.2, -0.15) is 0 Å². The van der Waals surface area contributed by atoms with E-state index < -0.39 is 0 Å². The van der Waals surface area contributed by atoms with E-state index in [0.717, 1.165) is 24.9 Å². The molecule has 2 heterocycles. The van der Waals surface area contributed by atoms with Crippen LogP contribution in [0.25, 0.3) is 0 Å². The molecule has 2 aliphatic heterocycles. The highest BCUT2D eigenvalue weighted by atomic mass is 16.7. The zero-order valence-electron chi connectivity index (χ0n) is 12.5. The Morgan fingerprint density at radius 3 is 2.73 bits per heavy atom. The zero-order chi connectivity index (χ0) is 15.4. The van der Waals surface area contributed by atoms with Crippen molar-refractivity contribution in [2.24, 2.45) is 0 Å². The first-order chi connectivity index (χ1) is 10.8. The molecule has 0 bridgehead atoms. The first-order valence-electron chi connectivity index (χ1n) is 7.76. The van der Waals surface area contributed by atoms with Gasteiger partial charge in [-0.1, -0.05) is 30.3 Å². The minimum atomic E-state index is 0.114. The number of amides is 1. The number of hydroxylamine groups is 2. The SMILES string of the molecule is O=C=C1CC(N2CCCC2=O)CCN1OCc1ccccc1. The molecule has 0 N–H and O–H groups in total. The van der Waals surface area contributed by atoms with Gasteiger partial charge in [0.15, 0.2) is 0 Å². The maximum Gasteiger partial charge on any atom is 0.222 e. The molecule has 3 rings (SSSR count). The van der Waals surface area contributed by atoms with Gasteiger partial charge in [-0.05, 0) is 18.4 Å². The Bertz CT molecular complexity index is 581. The Morgan fingerprint density at radius 1 is 1.23 bits per heavy atom. The van der Waals surface area contributed by atoms with Crippen molar-refractivity contribution in [2.45, 2.75) is 38.3 Å². The second-order valence-corrected chi connectivity index (χ2v) is 5.75. The smallest absolute Gasteiger partial charge is 0.222 e. The first kappa shape index (κ1) is 14.8. The number of carbonyl (C=O) groups excluding carboxylic acids is 2. The molecule has 1 aromatic carbocycles.